The lowest BCUT2D eigenvalue weighted by Gasteiger charge is -2.25. The standard InChI is InChI=1S/C14H14N4O3S2/c1-2-18-12(19)10(23-14(18)22)7-11-16-9(8-15)13(21-11)17-3-5-20-6-4-17/h7H,2-6H2,1H3/b10-7+. The van der Waals surface area contributed by atoms with Gasteiger partial charge in [-0.05, 0) is 6.92 Å². The van der Waals surface area contributed by atoms with Crippen molar-refractivity contribution in [2.24, 2.45) is 0 Å². The van der Waals surface area contributed by atoms with Gasteiger partial charge < -0.3 is 14.1 Å². The van der Waals surface area contributed by atoms with Gasteiger partial charge >= 0.3 is 0 Å². The first-order chi connectivity index (χ1) is 11.1. The Morgan fingerprint density at radius 2 is 2.22 bits per heavy atom. The Balaban J connectivity index is 1.88. The fourth-order valence-electron chi connectivity index (χ4n) is 2.33. The lowest BCUT2D eigenvalue weighted by molar-refractivity contribution is -0.121. The van der Waals surface area contributed by atoms with Crippen LogP contribution in [-0.2, 0) is 9.53 Å². The second kappa shape index (κ2) is 6.70. The first-order valence-corrected chi connectivity index (χ1v) is 8.35. The smallest absolute Gasteiger partial charge is 0.266 e. The molecule has 9 heteroatoms. The van der Waals surface area contributed by atoms with Crippen LogP contribution in [0.1, 0.15) is 18.5 Å². The van der Waals surface area contributed by atoms with Crippen LogP contribution in [0.2, 0.25) is 0 Å². The van der Waals surface area contributed by atoms with Gasteiger partial charge in [0.2, 0.25) is 17.5 Å². The number of hydrogen-bond acceptors (Lipinski definition) is 8. The highest BCUT2D eigenvalue weighted by atomic mass is 32.2. The van der Waals surface area contributed by atoms with Crippen molar-refractivity contribution in [3.63, 3.8) is 0 Å². The molecular formula is C14H14N4O3S2. The third-order valence-corrected chi connectivity index (χ3v) is 4.85. The van der Waals surface area contributed by atoms with Crippen molar-refractivity contribution in [1.82, 2.24) is 9.88 Å². The number of amides is 1. The molecule has 7 nitrogen and oxygen atoms in total. The van der Waals surface area contributed by atoms with Crippen LogP contribution in [0.4, 0.5) is 5.88 Å². The number of hydrogen-bond donors (Lipinski definition) is 0. The molecule has 23 heavy (non-hydrogen) atoms. The average Bonchev–Trinajstić information content (AvgIpc) is 3.09. The van der Waals surface area contributed by atoms with Crippen molar-refractivity contribution >= 4 is 46.2 Å². The van der Waals surface area contributed by atoms with Crippen LogP contribution in [0.25, 0.3) is 6.08 Å². The van der Waals surface area contributed by atoms with Gasteiger partial charge in [0.1, 0.15) is 10.4 Å². The Bertz CT molecular complexity index is 716. The number of nitrogens with zero attached hydrogens (tertiary/aromatic N) is 4. The lowest BCUT2D eigenvalue weighted by Crippen LogP contribution is -2.36. The minimum atomic E-state index is -0.160. The van der Waals surface area contributed by atoms with E-state index in [0.717, 1.165) is 0 Å². The number of thiocarbonyl (C=S) groups is 1. The van der Waals surface area contributed by atoms with Gasteiger partial charge in [-0.1, -0.05) is 24.0 Å². The molecule has 2 fully saturated rings. The number of ether oxygens (including phenoxy) is 1. The van der Waals surface area contributed by atoms with E-state index in [4.69, 9.17) is 21.4 Å². The molecule has 0 aliphatic carbocycles. The van der Waals surface area contributed by atoms with E-state index >= 15 is 0 Å². The summed E-state index contributed by atoms with van der Waals surface area (Å²) in [7, 11) is 0. The Hall–Kier alpha value is -1.89. The highest BCUT2D eigenvalue weighted by molar-refractivity contribution is 8.26. The van der Waals surface area contributed by atoms with E-state index in [9.17, 15) is 10.1 Å². The Kier molecular flexibility index (Phi) is 4.66. The van der Waals surface area contributed by atoms with Gasteiger partial charge in [-0.15, -0.1) is 0 Å². The molecule has 0 atom stereocenters. The molecule has 120 valence electrons. The summed E-state index contributed by atoms with van der Waals surface area (Å²) in [6.45, 7) is 4.83. The number of nitriles is 1. The van der Waals surface area contributed by atoms with Crippen LogP contribution in [0, 0.1) is 11.3 Å². The van der Waals surface area contributed by atoms with Crippen LogP contribution in [-0.4, -0.2) is 53.0 Å². The zero-order chi connectivity index (χ0) is 16.4. The molecule has 0 saturated carbocycles. The number of aromatic nitrogens is 1. The van der Waals surface area contributed by atoms with E-state index in [-0.39, 0.29) is 17.5 Å². The Labute approximate surface area is 142 Å². The van der Waals surface area contributed by atoms with E-state index in [1.807, 2.05) is 17.9 Å². The minimum Gasteiger partial charge on any atom is -0.420 e. The van der Waals surface area contributed by atoms with Crippen LogP contribution >= 0.6 is 24.0 Å². The molecule has 3 heterocycles. The third kappa shape index (κ3) is 3.10. The summed E-state index contributed by atoms with van der Waals surface area (Å²) in [4.78, 5) is 20.3. The van der Waals surface area contributed by atoms with Crippen LogP contribution in [0.15, 0.2) is 9.32 Å². The first kappa shape index (κ1) is 16.0. The predicted octanol–water partition coefficient (Wildman–Crippen LogP) is 1.60. The molecule has 0 unspecified atom stereocenters. The number of rotatable bonds is 3. The number of carbonyl (C=O) groups excluding carboxylic acids is 1. The third-order valence-electron chi connectivity index (χ3n) is 3.47. The van der Waals surface area contributed by atoms with E-state index < -0.39 is 0 Å². The van der Waals surface area contributed by atoms with E-state index in [1.54, 1.807) is 6.08 Å². The van der Waals surface area contributed by atoms with Crippen LogP contribution in [0.3, 0.4) is 0 Å². The largest absolute Gasteiger partial charge is 0.420 e. The van der Waals surface area contributed by atoms with Crippen molar-refractivity contribution in [2.45, 2.75) is 6.92 Å². The summed E-state index contributed by atoms with van der Waals surface area (Å²) in [6, 6.07) is 2.03. The minimum absolute atomic E-state index is 0.160. The number of likely N-dealkylation sites (N-methyl/N-ethyl adjacent to an activating group) is 1. The molecule has 2 aliphatic heterocycles. The normalized spacial score (nSPS) is 20.4. The molecule has 0 radical (unpaired) electrons. The maximum absolute atomic E-state index is 12.2. The highest BCUT2D eigenvalue weighted by Gasteiger charge is 2.31. The molecule has 0 bridgehead atoms. The summed E-state index contributed by atoms with van der Waals surface area (Å²) in [5.74, 6) is 0.500. The summed E-state index contributed by atoms with van der Waals surface area (Å²) in [5.41, 5.74) is 0.212. The van der Waals surface area contributed by atoms with Crippen LogP contribution in [0.5, 0.6) is 0 Å². The average molecular weight is 350 g/mol. The van der Waals surface area contributed by atoms with Gasteiger partial charge in [-0.25, -0.2) is 0 Å². The molecule has 1 aromatic rings. The molecule has 1 amide bonds. The number of carbonyl (C=O) groups is 1. The molecule has 2 aliphatic rings. The maximum Gasteiger partial charge on any atom is 0.266 e. The number of oxazole rings is 1. The molecule has 2 saturated heterocycles. The van der Waals surface area contributed by atoms with Gasteiger partial charge in [0, 0.05) is 25.7 Å². The summed E-state index contributed by atoms with van der Waals surface area (Å²) < 4.78 is 11.5. The van der Waals surface area contributed by atoms with Crippen molar-refractivity contribution in [3.8, 4) is 6.07 Å². The summed E-state index contributed by atoms with van der Waals surface area (Å²) in [6.07, 6.45) is 1.54. The van der Waals surface area contributed by atoms with Crippen molar-refractivity contribution in [1.29, 1.82) is 5.26 Å². The predicted molar refractivity (Wildman–Crippen MR) is 89.8 cm³/mol. The second-order valence-corrected chi connectivity index (χ2v) is 6.52. The monoisotopic (exact) mass is 350 g/mol. The molecule has 3 rings (SSSR count). The zero-order valence-corrected chi connectivity index (χ0v) is 14.1. The van der Waals surface area contributed by atoms with Crippen LogP contribution < -0.4 is 4.90 Å². The van der Waals surface area contributed by atoms with Crippen molar-refractivity contribution < 1.29 is 13.9 Å². The fourth-order valence-corrected chi connectivity index (χ4v) is 3.68. The lowest BCUT2D eigenvalue weighted by atomic mass is 10.4. The highest BCUT2D eigenvalue weighted by Crippen LogP contribution is 2.33. The van der Waals surface area contributed by atoms with E-state index in [2.05, 4.69) is 4.98 Å². The van der Waals surface area contributed by atoms with Crippen molar-refractivity contribution in [3.05, 3.63) is 16.5 Å². The number of morpholine rings is 1. The zero-order valence-electron chi connectivity index (χ0n) is 12.4. The maximum atomic E-state index is 12.2. The summed E-state index contributed by atoms with van der Waals surface area (Å²) in [5, 5.41) is 9.25. The summed E-state index contributed by atoms with van der Waals surface area (Å²) >= 11 is 6.38. The van der Waals surface area contributed by atoms with E-state index in [0.29, 0.717) is 48.0 Å². The molecule has 1 aromatic heterocycles. The Morgan fingerprint density at radius 3 is 2.83 bits per heavy atom. The molecule has 0 N–H and O–H groups in total. The topological polar surface area (TPSA) is 82.6 Å². The molecule has 0 spiro atoms. The quantitative estimate of drug-likeness (QED) is 0.600. The van der Waals surface area contributed by atoms with Gasteiger partial charge in [-0.3, -0.25) is 9.69 Å². The van der Waals surface area contributed by atoms with Gasteiger partial charge in [0.25, 0.3) is 5.91 Å². The number of thioether (sulfide) groups is 1. The van der Waals surface area contributed by atoms with Crippen molar-refractivity contribution in [2.75, 3.05) is 37.7 Å². The SMILES string of the molecule is CCN1C(=O)/C(=C\c2nc(C#N)c(N3CCOCC3)o2)SC1=S. The fraction of sp³-hybridized carbons (Fsp3) is 0.429. The molecular weight excluding hydrogens is 336 g/mol. The van der Waals surface area contributed by atoms with E-state index in [1.165, 1.54) is 16.7 Å². The molecule has 0 aromatic carbocycles. The van der Waals surface area contributed by atoms with Gasteiger partial charge in [0.05, 0.1) is 18.1 Å². The first-order valence-electron chi connectivity index (χ1n) is 7.13. The number of anilines is 1. The Morgan fingerprint density at radius 1 is 1.48 bits per heavy atom. The second-order valence-electron chi connectivity index (χ2n) is 4.84. The van der Waals surface area contributed by atoms with Gasteiger partial charge in [0.15, 0.2) is 0 Å². The van der Waals surface area contributed by atoms with Gasteiger partial charge in [-0.2, -0.15) is 10.2 Å².